The maximum absolute atomic E-state index is 12.3. The van der Waals surface area contributed by atoms with Crippen molar-refractivity contribution in [3.8, 4) is 0 Å². The summed E-state index contributed by atoms with van der Waals surface area (Å²) >= 11 is 0. The fraction of sp³-hybridized carbons (Fsp3) is 0.571. The highest BCUT2D eigenvalue weighted by molar-refractivity contribution is 7.90. The smallest absolute Gasteiger partial charge is 0.307 e. The van der Waals surface area contributed by atoms with Crippen LogP contribution < -0.4 is 32.3 Å². The van der Waals surface area contributed by atoms with E-state index in [-0.39, 0.29) is 55.0 Å². The third kappa shape index (κ3) is 27.5. The van der Waals surface area contributed by atoms with Crippen LogP contribution >= 0.6 is 12.4 Å². The van der Waals surface area contributed by atoms with Crippen LogP contribution in [-0.4, -0.2) is 129 Å². The zero-order valence-corrected chi connectivity index (χ0v) is 40.2. The van der Waals surface area contributed by atoms with Gasteiger partial charge in [0, 0.05) is 24.5 Å². The van der Waals surface area contributed by atoms with Gasteiger partial charge in [-0.2, -0.15) is 0 Å². The zero-order valence-electron chi connectivity index (χ0n) is 37.8. The molecular formula is C42H69ClN6O13S2. The average Bonchev–Trinajstić information content (AvgIpc) is 3.21. The topological polar surface area (TPSA) is 318 Å². The Kier molecular flexibility index (Phi) is 30.0. The molecule has 64 heavy (non-hydrogen) atoms. The molecule has 8 atom stereocenters. The van der Waals surface area contributed by atoms with Crippen LogP contribution in [0, 0.1) is 11.8 Å². The summed E-state index contributed by atoms with van der Waals surface area (Å²) in [5, 5.41) is 41.2. The van der Waals surface area contributed by atoms with Gasteiger partial charge in [-0.3, -0.25) is 28.8 Å². The third-order valence-electron chi connectivity index (χ3n) is 9.05. The van der Waals surface area contributed by atoms with Crippen molar-refractivity contribution in [2.45, 2.75) is 104 Å². The maximum Gasteiger partial charge on any atom is 0.307 e. The number of hydrogen-bond acceptors (Lipinski definition) is 13. The van der Waals surface area contributed by atoms with Gasteiger partial charge < -0.3 is 47.6 Å². The Morgan fingerprint density at radius 3 is 1.31 bits per heavy atom. The molecule has 0 heterocycles. The lowest BCUT2D eigenvalue weighted by molar-refractivity contribution is -0.140. The van der Waals surface area contributed by atoms with Gasteiger partial charge in [-0.05, 0) is 37.8 Å². The summed E-state index contributed by atoms with van der Waals surface area (Å²) in [7, 11) is -6.50. The number of benzene rings is 2. The summed E-state index contributed by atoms with van der Waals surface area (Å²) in [6.07, 6.45) is 1.40. The van der Waals surface area contributed by atoms with E-state index in [0.717, 1.165) is 30.1 Å². The van der Waals surface area contributed by atoms with Crippen LogP contribution in [0.1, 0.15) is 90.4 Å². The van der Waals surface area contributed by atoms with Gasteiger partial charge in [-0.15, -0.1) is 12.4 Å². The van der Waals surface area contributed by atoms with Gasteiger partial charge in [0.1, 0.15) is 25.8 Å². The Bertz CT molecular complexity index is 1960. The number of aliphatic hydroxyl groups is 2. The van der Waals surface area contributed by atoms with Crippen molar-refractivity contribution < 1.29 is 60.9 Å². The monoisotopic (exact) mass is 964 g/mol. The van der Waals surface area contributed by atoms with Crippen molar-refractivity contribution in [1.29, 1.82) is 0 Å². The minimum absolute atomic E-state index is 0. The van der Waals surface area contributed by atoms with Crippen LogP contribution in [0.15, 0.2) is 60.7 Å². The van der Waals surface area contributed by atoms with Crippen LogP contribution in [0.5, 0.6) is 0 Å². The highest BCUT2D eigenvalue weighted by Gasteiger charge is 2.30. The molecule has 0 aromatic heterocycles. The minimum Gasteiger partial charge on any atom is -0.481 e. The quantitative estimate of drug-likeness (QED) is 0.0750. The van der Waals surface area contributed by atoms with Crippen molar-refractivity contribution in [2.24, 2.45) is 17.6 Å². The first kappa shape index (κ1) is 61.4. The molecule has 0 aliphatic rings. The van der Waals surface area contributed by atoms with Gasteiger partial charge in [0.05, 0.1) is 48.6 Å². The highest BCUT2D eigenvalue weighted by Crippen LogP contribution is 2.12. The molecule has 2 aromatic rings. The van der Waals surface area contributed by atoms with E-state index in [9.17, 15) is 55.8 Å². The van der Waals surface area contributed by atoms with Crippen LogP contribution in [0.4, 0.5) is 0 Å². The first-order valence-electron chi connectivity index (χ1n) is 20.5. The first-order chi connectivity index (χ1) is 29.2. The number of carbonyl (C=O) groups excluding carboxylic acids is 5. The molecule has 0 aliphatic carbocycles. The van der Waals surface area contributed by atoms with Crippen LogP contribution in [0.25, 0.3) is 0 Å². The second kappa shape index (κ2) is 31.2. The fourth-order valence-electron chi connectivity index (χ4n) is 5.65. The summed E-state index contributed by atoms with van der Waals surface area (Å²) in [6.45, 7) is 9.73. The zero-order chi connectivity index (χ0) is 48.5. The van der Waals surface area contributed by atoms with Crippen molar-refractivity contribution in [3.63, 3.8) is 0 Å². The Labute approximate surface area is 383 Å². The Morgan fingerprint density at radius 2 is 0.969 bits per heavy atom. The number of amides is 5. The predicted octanol–water partition coefficient (Wildman–Crippen LogP) is 0.948. The molecule has 22 heteroatoms. The first-order valence-corrected chi connectivity index (χ1v) is 24.6. The summed E-state index contributed by atoms with van der Waals surface area (Å²) in [5.74, 6) is -6.06. The molecular weight excluding hydrogens is 896 g/mol. The van der Waals surface area contributed by atoms with E-state index in [1.807, 2.05) is 88.4 Å². The average molecular weight is 966 g/mol. The van der Waals surface area contributed by atoms with Gasteiger partial charge in [-0.25, -0.2) is 16.8 Å². The van der Waals surface area contributed by atoms with Gasteiger partial charge in [0.2, 0.25) is 17.7 Å². The van der Waals surface area contributed by atoms with Crippen molar-refractivity contribution in [3.05, 3.63) is 71.8 Å². The van der Waals surface area contributed by atoms with E-state index in [1.165, 1.54) is 13.8 Å². The summed E-state index contributed by atoms with van der Waals surface area (Å²) in [4.78, 5) is 70.3. The number of aliphatic hydroxyl groups excluding tert-OH is 2. The van der Waals surface area contributed by atoms with E-state index in [1.54, 1.807) is 0 Å². The highest BCUT2D eigenvalue weighted by atomic mass is 35.5. The number of nitrogens with two attached hydrogens (primary N) is 1. The van der Waals surface area contributed by atoms with Gasteiger partial charge in [-0.1, -0.05) is 101 Å². The number of hydrogen-bond donors (Lipinski definition) is 9. The van der Waals surface area contributed by atoms with Crippen molar-refractivity contribution >= 4 is 67.6 Å². The Morgan fingerprint density at radius 1 is 0.594 bits per heavy atom. The number of carbonyl (C=O) groups is 6. The SMILES string of the molecule is CC(CS(C)(=O)=O)C(=O)O.CCCC(N)C(O)C(=O)NCC(=O)N[C@H](C)c1ccccc1.CCCC(NC(=O)C(C)CS(C)(=O)=O)C(O)C(=O)NCC(=O)N[C@H](C)c1ccccc1.Cl. The number of aliphatic carboxylic acids is 1. The van der Waals surface area contributed by atoms with E-state index in [4.69, 9.17) is 10.8 Å². The molecule has 0 aliphatic heterocycles. The number of nitrogens with one attached hydrogen (secondary N) is 5. The van der Waals surface area contributed by atoms with E-state index in [0.29, 0.717) is 19.3 Å². The predicted molar refractivity (Wildman–Crippen MR) is 246 cm³/mol. The summed E-state index contributed by atoms with van der Waals surface area (Å²) in [6, 6.07) is 16.9. The number of sulfone groups is 2. The van der Waals surface area contributed by atoms with E-state index in [2.05, 4.69) is 26.6 Å². The molecule has 364 valence electrons. The van der Waals surface area contributed by atoms with Gasteiger partial charge in [0.15, 0.2) is 6.10 Å². The number of carboxylic acids is 1. The number of halogens is 1. The molecule has 19 nitrogen and oxygen atoms in total. The molecule has 0 fully saturated rings. The standard InChI is InChI=1S/C21H33N3O6S.C16H25N3O3.C5H10O4S.ClH/c1-5-9-17(24-20(27)14(2)13-31(4,29)30)19(26)21(28)22-12-18(25)23-15(3)16-10-7-6-8-11-16;1-3-7-13(17)15(21)16(22)18-10-14(20)19-11(2)12-8-5-4-6-9-12;1-4(5(6)7)3-10(2,8)9;/h6-8,10-11,14-15,17,19,26H,5,9,12-13H2,1-4H3,(H,22,28)(H,23,25)(H,24,27);4-6,8-9,11,13,15,21H,3,7,10,17H2,1-2H3,(H,18,22)(H,19,20);4H,3H2,1-2H3,(H,6,7);1H/t14?,15-,17?,19?;11-,13?,15?;;/m11../s1. The molecule has 0 saturated heterocycles. The van der Waals surface area contributed by atoms with Crippen molar-refractivity contribution in [1.82, 2.24) is 26.6 Å². The number of carboxylic acid groups (broad SMARTS) is 1. The van der Waals surface area contributed by atoms with E-state index < -0.39 is 85.4 Å². The van der Waals surface area contributed by atoms with Gasteiger partial charge in [0.25, 0.3) is 11.8 Å². The summed E-state index contributed by atoms with van der Waals surface area (Å²) in [5.41, 5.74) is 7.57. The summed E-state index contributed by atoms with van der Waals surface area (Å²) < 4.78 is 43.7. The van der Waals surface area contributed by atoms with Crippen LogP contribution in [0.3, 0.4) is 0 Å². The largest absolute Gasteiger partial charge is 0.481 e. The second-order valence-electron chi connectivity index (χ2n) is 15.4. The molecule has 10 N–H and O–H groups in total. The molecule has 2 aromatic carbocycles. The minimum atomic E-state index is -3.35. The van der Waals surface area contributed by atoms with Gasteiger partial charge >= 0.3 is 5.97 Å². The second-order valence-corrected chi connectivity index (χ2v) is 19.8. The normalized spacial score (nSPS) is 14.7. The lowest BCUT2D eigenvalue weighted by Gasteiger charge is -2.24. The van der Waals surface area contributed by atoms with Crippen LogP contribution in [-0.2, 0) is 48.4 Å². The molecule has 0 bridgehead atoms. The van der Waals surface area contributed by atoms with E-state index >= 15 is 0 Å². The molecule has 6 unspecified atom stereocenters. The fourth-order valence-corrected chi connectivity index (χ4v) is 7.76. The van der Waals surface area contributed by atoms with Crippen molar-refractivity contribution in [2.75, 3.05) is 37.1 Å². The maximum atomic E-state index is 12.3. The molecule has 0 saturated carbocycles. The molecule has 2 rings (SSSR count). The molecule has 0 radical (unpaired) electrons. The lowest BCUT2D eigenvalue weighted by atomic mass is 10.0. The van der Waals surface area contributed by atoms with Crippen LogP contribution in [0.2, 0.25) is 0 Å². The molecule has 0 spiro atoms. The third-order valence-corrected chi connectivity index (χ3v) is 11.3. The number of rotatable bonds is 23. The Hall–Kier alpha value is -4.67. The molecule has 5 amide bonds. The lowest BCUT2D eigenvalue weighted by Crippen LogP contribution is -2.53. The Balaban J connectivity index is 0.